The van der Waals surface area contributed by atoms with E-state index < -0.39 is 0 Å². The second-order valence-electron chi connectivity index (χ2n) is 5.08. The molecular formula is C13H19N3O2. The summed E-state index contributed by atoms with van der Waals surface area (Å²) >= 11 is 0. The first-order valence-corrected chi connectivity index (χ1v) is 6.21. The first-order valence-electron chi connectivity index (χ1n) is 6.21. The summed E-state index contributed by atoms with van der Waals surface area (Å²) in [6, 6.07) is 2.29. The first kappa shape index (κ1) is 12.8. The molecule has 2 rings (SSSR count). The molecule has 2 atom stereocenters. The van der Waals surface area contributed by atoms with Crippen LogP contribution in [0.1, 0.15) is 40.4 Å². The molecule has 5 heteroatoms. The van der Waals surface area contributed by atoms with Crippen molar-refractivity contribution in [1.82, 2.24) is 15.2 Å². The zero-order valence-electron chi connectivity index (χ0n) is 11.0. The molecule has 0 spiro atoms. The van der Waals surface area contributed by atoms with Crippen molar-refractivity contribution >= 4 is 12.2 Å². The molecule has 2 N–H and O–H groups in total. The molecule has 2 unspecified atom stereocenters. The Morgan fingerprint density at radius 2 is 2.00 bits per heavy atom. The molecular weight excluding hydrogens is 230 g/mol. The number of nitrogens with zero attached hydrogens (tertiary/aromatic N) is 1. The van der Waals surface area contributed by atoms with E-state index in [0.29, 0.717) is 30.6 Å². The number of hydrogen-bond donors (Lipinski definition) is 2. The number of carbonyl (C=O) groups is 2. The van der Waals surface area contributed by atoms with E-state index in [-0.39, 0.29) is 18.0 Å². The molecule has 98 valence electrons. The van der Waals surface area contributed by atoms with Crippen LogP contribution in [0.3, 0.4) is 0 Å². The normalized spacial score (nSPS) is 24.1. The maximum Gasteiger partial charge on any atom is 0.256 e. The fourth-order valence-electron chi connectivity index (χ4n) is 2.54. The van der Waals surface area contributed by atoms with Crippen molar-refractivity contribution in [2.75, 3.05) is 13.1 Å². The summed E-state index contributed by atoms with van der Waals surface area (Å²) in [6.07, 6.45) is 0.704. The molecule has 0 radical (unpaired) electrons. The predicted molar refractivity (Wildman–Crippen MR) is 68.9 cm³/mol. The van der Waals surface area contributed by atoms with Crippen LogP contribution in [-0.2, 0) is 0 Å². The standard InChI is InChI=1S/C13H19N3O2/c1-8-4-11(12(7-17)15-8)13(18)16-5-9(2)14-10(3)6-16/h4,7,9-10,14-15H,5-6H2,1-3H3. The van der Waals surface area contributed by atoms with Crippen molar-refractivity contribution in [2.24, 2.45) is 0 Å². The van der Waals surface area contributed by atoms with Crippen LogP contribution in [0.4, 0.5) is 0 Å². The van der Waals surface area contributed by atoms with E-state index in [1.807, 2.05) is 6.92 Å². The van der Waals surface area contributed by atoms with Gasteiger partial charge in [-0.3, -0.25) is 9.59 Å². The quantitative estimate of drug-likeness (QED) is 0.767. The number of nitrogens with one attached hydrogen (secondary N) is 2. The van der Waals surface area contributed by atoms with Crippen molar-refractivity contribution in [3.8, 4) is 0 Å². The van der Waals surface area contributed by atoms with Crippen LogP contribution >= 0.6 is 0 Å². The Hall–Kier alpha value is -1.62. The number of aromatic amines is 1. The smallest absolute Gasteiger partial charge is 0.256 e. The minimum Gasteiger partial charge on any atom is -0.356 e. The summed E-state index contributed by atoms with van der Waals surface area (Å²) in [5, 5.41) is 3.38. The lowest BCUT2D eigenvalue weighted by molar-refractivity contribution is 0.0671. The highest BCUT2D eigenvalue weighted by Gasteiger charge is 2.27. The van der Waals surface area contributed by atoms with Crippen LogP contribution in [0.2, 0.25) is 0 Å². The fraction of sp³-hybridized carbons (Fsp3) is 0.538. The number of carbonyl (C=O) groups excluding carboxylic acids is 2. The number of aryl methyl sites for hydroxylation is 1. The molecule has 18 heavy (non-hydrogen) atoms. The molecule has 1 aliphatic heterocycles. The molecule has 0 saturated carbocycles. The minimum atomic E-state index is -0.0679. The van der Waals surface area contributed by atoms with Gasteiger partial charge in [-0.2, -0.15) is 0 Å². The van der Waals surface area contributed by atoms with Gasteiger partial charge in [0.1, 0.15) is 0 Å². The topological polar surface area (TPSA) is 65.2 Å². The summed E-state index contributed by atoms with van der Waals surface area (Å²) in [5.74, 6) is -0.0679. The molecule has 1 aromatic heterocycles. The second kappa shape index (κ2) is 4.94. The highest BCUT2D eigenvalue weighted by atomic mass is 16.2. The van der Waals surface area contributed by atoms with E-state index in [2.05, 4.69) is 24.1 Å². The van der Waals surface area contributed by atoms with E-state index in [9.17, 15) is 9.59 Å². The molecule has 2 heterocycles. The molecule has 5 nitrogen and oxygen atoms in total. The monoisotopic (exact) mass is 249 g/mol. The molecule has 0 aromatic carbocycles. The zero-order chi connectivity index (χ0) is 13.3. The molecule has 1 aliphatic rings. The van der Waals surface area contributed by atoms with Crippen LogP contribution in [0, 0.1) is 6.92 Å². The summed E-state index contributed by atoms with van der Waals surface area (Å²) in [5.41, 5.74) is 1.68. The number of piperazine rings is 1. The van der Waals surface area contributed by atoms with Gasteiger partial charge in [0.15, 0.2) is 6.29 Å². The Bertz CT molecular complexity index is 457. The van der Waals surface area contributed by atoms with E-state index >= 15 is 0 Å². The number of amides is 1. The average Bonchev–Trinajstić information content (AvgIpc) is 2.68. The lowest BCUT2D eigenvalue weighted by Gasteiger charge is -2.36. The fourth-order valence-corrected chi connectivity index (χ4v) is 2.54. The molecule has 1 saturated heterocycles. The third-order valence-corrected chi connectivity index (χ3v) is 3.18. The van der Waals surface area contributed by atoms with Gasteiger partial charge in [-0.1, -0.05) is 0 Å². The Kier molecular flexibility index (Phi) is 3.52. The number of H-pyrrole nitrogens is 1. The molecule has 1 amide bonds. The number of rotatable bonds is 2. The minimum absolute atomic E-state index is 0.0679. The third kappa shape index (κ3) is 2.46. The number of hydrogen-bond acceptors (Lipinski definition) is 3. The van der Waals surface area contributed by atoms with E-state index in [1.54, 1.807) is 11.0 Å². The lowest BCUT2D eigenvalue weighted by atomic mass is 10.1. The van der Waals surface area contributed by atoms with Crippen molar-refractivity contribution < 1.29 is 9.59 Å². The van der Waals surface area contributed by atoms with E-state index in [4.69, 9.17) is 0 Å². The number of aromatic nitrogens is 1. The van der Waals surface area contributed by atoms with Crippen LogP contribution in [0.15, 0.2) is 6.07 Å². The van der Waals surface area contributed by atoms with Crippen LogP contribution in [0.25, 0.3) is 0 Å². The molecule has 0 aliphatic carbocycles. The van der Waals surface area contributed by atoms with Crippen LogP contribution < -0.4 is 5.32 Å². The van der Waals surface area contributed by atoms with Crippen molar-refractivity contribution in [1.29, 1.82) is 0 Å². The van der Waals surface area contributed by atoms with Crippen molar-refractivity contribution in [3.63, 3.8) is 0 Å². The van der Waals surface area contributed by atoms with Gasteiger partial charge in [0, 0.05) is 30.9 Å². The highest BCUT2D eigenvalue weighted by molar-refractivity contribution is 6.01. The predicted octanol–water partition coefficient (Wildman–Crippen LogP) is 0.958. The van der Waals surface area contributed by atoms with Crippen LogP contribution in [-0.4, -0.2) is 47.3 Å². The molecule has 1 aromatic rings. The second-order valence-corrected chi connectivity index (χ2v) is 5.08. The highest BCUT2D eigenvalue weighted by Crippen LogP contribution is 2.14. The van der Waals surface area contributed by atoms with E-state index in [1.165, 1.54) is 0 Å². The van der Waals surface area contributed by atoms with Gasteiger partial charge in [-0.05, 0) is 26.8 Å². The third-order valence-electron chi connectivity index (χ3n) is 3.18. The zero-order valence-corrected chi connectivity index (χ0v) is 11.0. The lowest BCUT2D eigenvalue weighted by Crippen LogP contribution is -2.55. The van der Waals surface area contributed by atoms with Gasteiger partial charge >= 0.3 is 0 Å². The summed E-state index contributed by atoms with van der Waals surface area (Å²) in [4.78, 5) is 28.1. The van der Waals surface area contributed by atoms with Crippen molar-refractivity contribution in [3.05, 3.63) is 23.0 Å². The largest absolute Gasteiger partial charge is 0.356 e. The Morgan fingerprint density at radius 3 is 2.56 bits per heavy atom. The average molecular weight is 249 g/mol. The van der Waals surface area contributed by atoms with Gasteiger partial charge in [0.05, 0.1) is 11.3 Å². The van der Waals surface area contributed by atoms with Gasteiger partial charge in [0.25, 0.3) is 5.91 Å². The van der Waals surface area contributed by atoms with E-state index in [0.717, 1.165) is 5.69 Å². The SMILES string of the molecule is Cc1cc(C(=O)N2CC(C)NC(C)C2)c(C=O)[nH]1. The van der Waals surface area contributed by atoms with Gasteiger partial charge < -0.3 is 15.2 Å². The Balaban J connectivity index is 2.22. The summed E-state index contributed by atoms with van der Waals surface area (Å²) < 4.78 is 0. The van der Waals surface area contributed by atoms with Gasteiger partial charge in [-0.15, -0.1) is 0 Å². The van der Waals surface area contributed by atoms with Crippen molar-refractivity contribution in [2.45, 2.75) is 32.9 Å². The Labute approximate surface area is 107 Å². The maximum absolute atomic E-state index is 12.4. The first-order chi connectivity index (χ1) is 8.51. The van der Waals surface area contributed by atoms with Gasteiger partial charge in [0.2, 0.25) is 0 Å². The summed E-state index contributed by atoms with van der Waals surface area (Å²) in [6.45, 7) is 7.29. The number of aldehydes is 1. The van der Waals surface area contributed by atoms with Crippen LogP contribution in [0.5, 0.6) is 0 Å². The Morgan fingerprint density at radius 1 is 1.39 bits per heavy atom. The molecule has 0 bridgehead atoms. The maximum atomic E-state index is 12.4. The summed E-state index contributed by atoms with van der Waals surface area (Å²) in [7, 11) is 0. The van der Waals surface area contributed by atoms with Gasteiger partial charge in [-0.25, -0.2) is 0 Å². The molecule has 1 fully saturated rings.